The number of rotatable bonds is 6. The maximum atomic E-state index is 13.9. The Morgan fingerprint density at radius 1 is 1.46 bits per heavy atom. The molecule has 1 aromatic rings. The van der Waals surface area contributed by atoms with Gasteiger partial charge in [0.15, 0.2) is 17.6 Å². The van der Waals surface area contributed by atoms with E-state index in [1.54, 1.807) is 12.3 Å². The van der Waals surface area contributed by atoms with Gasteiger partial charge in [0.05, 0.1) is 0 Å². The van der Waals surface area contributed by atoms with Gasteiger partial charge in [-0.05, 0) is 51.2 Å². The highest BCUT2D eigenvalue weighted by atomic mass is 127. The van der Waals surface area contributed by atoms with Gasteiger partial charge in [-0.15, -0.1) is 24.0 Å². The molecule has 1 aromatic heterocycles. The maximum Gasteiger partial charge on any atom is 0.191 e. The molecule has 1 atom stereocenters. The summed E-state index contributed by atoms with van der Waals surface area (Å²) in [5.74, 6) is 1.05. The van der Waals surface area contributed by atoms with Crippen LogP contribution in [0.5, 0.6) is 0 Å². The highest BCUT2D eigenvalue weighted by molar-refractivity contribution is 14.0. The van der Waals surface area contributed by atoms with Gasteiger partial charge in [-0.3, -0.25) is 4.99 Å². The summed E-state index contributed by atoms with van der Waals surface area (Å²) in [7, 11) is 0. The van der Waals surface area contributed by atoms with Crippen molar-refractivity contribution in [1.29, 1.82) is 0 Å². The molecule has 26 heavy (non-hydrogen) atoms. The second kappa shape index (κ2) is 10.7. The molecule has 0 radical (unpaired) electrons. The molecule has 2 aliphatic rings. The van der Waals surface area contributed by atoms with Gasteiger partial charge >= 0.3 is 0 Å². The zero-order valence-electron chi connectivity index (χ0n) is 15.4. The number of allylic oxidation sites excluding steroid dienone is 1. The average molecular weight is 473 g/mol. The quantitative estimate of drug-likeness (QED) is 0.288. The molecule has 0 amide bonds. The molecule has 0 bridgehead atoms. The van der Waals surface area contributed by atoms with Gasteiger partial charge in [-0.25, -0.2) is 9.37 Å². The lowest BCUT2D eigenvalue weighted by atomic mass is 10.2. The van der Waals surface area contributed by atoms with Gasteiger partial charge < -0.3 is 15.5 Å². The zero-order valence-corrected chi connectivity index (χ0v) is 17.7. The summed E-state index contributed by atoms with van der Waals surface area (Å²) in [5.41, 5.74) is 1.54. The summed E-state index contributed by atoms with van der Waals surface area (Å²) in [4.78, 5) is 10.9. The van der Waals surface area contributed by atoms with Crippen molar-refractivity contribution in [1.82, 2.24) is 15.6 Å². The second-order valence-electron chi connectivity index (χ2n) is 6.65. The lowest BCUT2D eigenvalue weighted by Gasteiger charge is -2.20. The summed E-state index contributed by atoms with van der Waals surface area (Å²) in [6, 6.07) is 3.34. The zero-order chi connectivity index (χ0) is 17.5. The number of hydrogen-bond acceptors (Lipinski definition) is 3. The van der Waals surface area contributed by atoms with Crippen LogP contribution < -0.4 is 15.5 Å². The van der Waals surface area contributed by atoms with E-state index in [2.05, 4.69) is 28.6 Å². The van der Waals surface area contributed by atoms with E-state index in [1.807, 2.05) is 4.90 Å². The van der Waals surface area contributed by atoms with Crippen LogP contribution >= 0.6 is 24.0 Å². The van der Waals surface area contributed by atoms with Crippen LogP contribution in [-0.4, -0.2) is 43.2 Å². The molecule has 1 unspecified atom stereocenters. The minimum absolute atomic E-state index is 0. The highest BCUT2D eigenvalue weighted by Gasteiger charge is 2.25. The molecule has 144 valence electrons. The third kappa shape index (κ3) is 5.82. The van der Waals surface area contributed by atoms with Gasteiger partial charge in [-0.1, -0.05) is 11.6 Å². The first-order valence-corrected chi connectivity index (χ1v) is 9.34. The first-order valence-electron chi connectivity index (χ1n) is 9.34. The van der Waals surface area contributed by atoms with Gasteiger partial charge in [0.1, 0.15) is 0 Å². The Morgan fingerprint density at radius 3 is 3.08 bits per heavy atom. The fourth-order valence-corrected chi connectivity index (χ4v) is 3.47. The SMILES string of the molecule is CCNC(=NCCC1=CCCC1)NC1CCN(c2ncccc2F)C1.I. The van der Waals surface area contributed by atoms with Gasteiger partial charge in [0.2, 0.25) is 0 Å². The summed E-state index contributed by atoms with van der Waals surface area (Å²) in [6.07, 6.45) is 9.73. The number of anilines is 1. The standard InChI is InChI=1S/C19H28FN5.HI/c1-2-21-19(23-12-9-15-6-3-4-7-15)24-16-10-13-25(14-16)18-17(20)8-5-11-22-18;/h5-6,8,11,16H,2-4,7,9-10,12-14H2,1H3,(H2,21,23,24);1H. The molecule has 2 N–H and O–H groups in total. The lowest BCUT2D eigenvalue weighted by Crippen LogP contribution is -2.44. The Hall–Kier alpha value is -1.38. The number of nitrogens with one attached hydrogen (secondary N) is 2. The minimum Gasteiger partial charge on any atom is -0.357 e. The molecular formula is C19H29FIN5. The van der Waals surface area contributed by atoms with Crippen molar-refractivity contribution in [3.05, 3.63) is 35.8 Å². The minimum atomic E-state index is -0.256. The lowest BCUT2D eigenvalue weighted by molar-refractivity contribution is 0.612. The maximum absolute atomic E-state index is 13.9. The predicted molar refractivity (Wildman–Crippen MR) is 116 cm³/mol. The number of pyridine rings is 1. The number of hydrogen-bond donors (Lipinski definition) is 2. The molecule has 1 fully saturated rings. The number of nitrogens with zero attached hydrogens (tertiary/aromatic N) is 3. The van der Waals surface area contributed by atoms with Gasteiger partial charge in [0, 0.05) is 38.4 Å². The van der Waals surface area contributed by atoms with Gasteiger partial charge in [-0.2, -0.15) is 0 Å². The van der Waals surface area contributed by atoms with Crippen LogP contribution in [0, 0.1) is 5.82 Å². The molecule has 1 aliphatic heterocycles. The van der Waals surface area contributed by atoms with Crippen LogP contribution in [0.3, 0.4) is 0 Å². The van der Waals surface area contributed by atoms with Gasteiger partial charge in [0.25, 0.3) is 0 Å². The highest BCUT2D eigenvalue weighted by Crippen LogP contribution is 2.21. The number of guanidine groups is 1. The van der Waals surface area contributed by atoms with E-state index < -0.39 is 0 Å². The van der Waals surface area contributed by atoms with Crippen molar-refractivity contribution >= 4 is 35.8 Å². The Morgan fingerprint density at radius 2 is 2.35 bits per heavy atom. The third-order valence-corrected chi connectivity index (χ3v) is 4.75. The number of halogens is 2. The summed E-state index contributed by atoms with van der Waals surface area (Å²) in [6.45, 7) is 5.26. The number of aliphatic imine (C=N–C) groups is 1. The van der Waals surface area contributed by atoms with Crippen LogP contribution in [0.1, 0.15) is 39.0 Å². The smallest absolute Gasteiger partial charge is 0.191 e. The Balaban J connectivity index is 0.00000243. The van der Waals surface area contributed by atoms with E-state index in [4.69, 9.17) is 4.99 Å². The third-order valence-electron chi connectivity index (χ3n) is 4.75. The van der Waals surface area contributed by atoms with Crippen molar-refractivity contribution in [2.45, 2.75) is 45.1 Å². The largest absolute Gasteiger partial charge is 0.357 e. The molecule has 5 nitrogen and oxygen atoms in total. The molecule has 1 saturated heterocycles. The van der Waals surface area contributed by atoms with Crippen LogP contribution in [0.4, 0.5) is 10.2 Å². The van der Waals surface area contributed by atoms with Crippen molar-refractivity contribution in [2.75, 3.05) is 31.1 Å². The van der Waals surface area contributed by atoms with E-state index in [1.165, 1.54) is 30.9 Å². The Bertz CT molecular complexity index is 634. The summed E-state index contributed by atoms with van der Waals surface area (Å²) in [5, 5.41) is 6.80. The first-order chi connectivity index (χ1) is 12.3. The van der Waals surface area contributed by atoms with Crippen molar-refractivity contribution < 1.29 is 4.39 Å². The molecule has 0 saturated carbocycles. The molecule has 7 heteroatoms. The fourth-order valence-electron chi connectivity index (χ4n) is 3.47. The molecular weight excluding hydrogens is 444 g/mol. The molecule has 1 aliphatic carbocycles. The predicted octanol–water partition coefficient (Wildman–Crippen LogP) is 3.47. The first kappa shape index (κ1) is 20.9. The van der Waals surface area contributed by atoms with Crippen LogP contribution in [0.2, 0.25) is 0 Å². The van der Waals surface area contributed by atoms with Crippen LogP contribution in [0.15, 0.2) is 35.0 Å². The van der Waals surface area contributed by atoms with E-state index in [0.717, 1.165) is 45.0 Å². The fraction of sp³-hybridized carbons (Fsp3) is 0.579. The molecule has 0 aromatic carbocycles. The van der Waals surface area contributed by atoms with Crippen molar-refractivity contribution in [3.63, 3.8) is 0 Å². The van der Waals surface area contributed by atoms with E-state index in [0.29, 0.717) is 5.82 Å². The van der Waals surface area contributed by atoms with Crippen molar-refractivity contribution in [2.24, 2.45) is 4.99 Å². The average Bonchev–Trinajstić information content (AvgIpc) is 3.27. The Kier molecular flexibility index (Phi) is 8.61. The van der Waals surface area contributed by atoms with Crippen LogP contribution in [-0.2, 0) is 0 Å². The van der Waals surface area contributed by atoms with E-state index >= 15 is 0 Å². The second-order valence-corrected chi connectivity index (χ2v) is 6.65. The topological polar surface area (TPSA) is 52.6 Å². The van der Waals surface area contributed by atoms with Crippen molar-refractivity contribution in [3.8, 4) is 0 Å². The Labute approximate surface area is 172 Å². The molecule has 0 spiro atoms. The van der Waals surface area contributed by atoms with E-state index in [9.17, 15) is 4.39 Å². The number of aromatic nitrogens is 1. The summed E-state index contributed by atoms with van der Waals surface area (Å²) < 4.78 is 13.9. The monoisotopic (exact) mass is 473 g/mol. The molecule has 2 heterocycles. The van der Waals surface area contributed by atoms with E-state index in [-0.39, 0.29) is 35.8 Å². The molecule has 3 rings (SSSR count). The normalized spacial score (nSPS) is 19.9. The summed E-state index contributed by atoms with van der Waals surface area (Å²) >= 11 is 0. The van der Waals surface area contributed by atoms with Crippen LogP contribution in [0.25, 0.3) is 0 Å².